The second-order valence-electron chi connectivity index (χ2n) is 6.48. The van der Waals surface area contributed by atoms with Crippen molar-refractivity contribution in [3.8, 4) is 22.4 Å². The molecule has 3 aromatic heterocycles. The molecule has 0 saturated carbocycles. The van der Waals surface area contributed by atoms with Crippen molar-refractivity contribution in [1.29, 1.82) is 5.26 Å². The molecule has 0 bridgehead atoms. The number of aromatic nitrogens is 3. The first-order chi connectivity index (χ1) is 13.6. The molecule has 0 atom stereocenters. The van der Waals surface area contributed by atoms with E-state index >= 15 is 0 Å². The lowest BCUT2D eigenvalue weighted by atomic mass is 10.1. The highest BCUT2D eigenvalue weighted by molar-refractivity contribution is 7.13. The van der Waals surface area contributed by atoms with Crippen LogP contribution in [0.2, 0.25) is 0 Å². The molecule has 0 N–H and O–H groups in total. The molecule has 0 radical (unpaired) electrons. The van der Waals surface area contributed by atoms with Crippen LogP contribution in [0.5, 0.6) is 5.75 Å². The first kappa shape index (κ1) is 17.9. The second-order valence-corrected chi connectivity index (χ2v) is 7.43. The molecule has 4 rings (SSSR count). The lowest BCUT2D eigenvalue weighted by molar-refractivity contribution is 0.0737. The summed E-state index contributed by atoms with van der Waals surface area (Å²) in [6.45, 7) is 4.02. The van der Waals surface area contributed by atoms with Gasteiger partial charge in [0.25, 0.3) is 0 Å². The van der Waals surface area contributed by atoms with Crippen molar-refractivity contribution in [2.75, 3.05) is 0 Å². The van der Waals surface area contributed by atoms with Crippen LogP contribution in [0, 0.1) is 11.3 Å². The Morgan fingerprint density at radius 1 is 1.25 bits per heavy atom. The van der Waals surface area contributed by atoms with E-state index in [0.29, 0.717) is 33.6 Å². The van der Waals surface area contributed by atoms with E-state index in [1.54, 1.807) is 46.5 Å². The predicted octanol–water partition coefficient (Wildman–Crippen LogP) is 4.83. The van der Waals surface area contributed by atoms with Gasteiger partial charge in [-0.05, 0) is 49.6 Å². The lowest BCUT2D eigenvalue weighted by Crippen LogP contribution is -2.11. The molecule has 0 amide bonds. The fourth-order valence-corrected chi connectivity index (χ4v) is 3.59. The second kappa shape index (κ2) is 7.25. The van der Waals surface area contributed by atoms with Crippen LogP contribution in [-0.2, 0) is 0 Å². The van der Waals surface area contributed by atoms with E-state index < -0.39 is 5.97 Å². The summed E-state index contributed by atoms with van der Waals surface area (Å²) >= 11 is 1.55. The summed E-state index contributed by atoms with van der Waals surface area (Å²) in [5.41, 5.74) is 2.15. The van der Waals surface area contributed by atoms with Crippen LogP contribution in [0.3, 0.4) is 0 Å². The standard InChI is InChI=1S/C21H16N4O2S/c1-13(2)25-20-17(12-23-25)16(10-18(24-20)19-7-4-8-28-19)21(26)27-15-6-3-5-14(9-15)11-22/h3-10,12-13H,1-2H3. The van der Waals surface area contributed by atoms with Crippen molar-refractivity contribution in [2.24, 2.45) is 0 Å². The maximum absolute atomic E-state index is 13.0. The molecule has 0 aliphatic rings. The minimum atomic E-state index is -0.511. The number of ether oxygens (including phenoxy) is 1. The number of fused-ring (bicyclic) bond motifs is 1. The Morgan fingerprint density at radius 2 is 2.11 bits per heavy atom. The number of hydrogen-bond acceptors (Lipinski definition) is 6. The first-order valence-electron chi connectivity index (χ1n) is 8.71. The lowest BCUT2D eigenvalue weighted by Gasteiger charge is -2.10. The summed E-state index contributed by atoms with van der Waals surface area (Å²) < 4.78 is 7.33. The van der Waals surface area contributed by atoms with Crippen LogP contribution in [0.1, 0.15) is 35.8 Å². The molecule has 4 aromatic rings. The SMILES string of the molecule is CC(C)n1ncc2c(C(=O)Oc3cccc(C#N)c3)cc(-c3cccs3)nc21. The predicted molar refractivity (Wildman–Crippen MR) is 107 cm³/mol. The number of hydrogen-bond donors (Lipinski definition) is 0. The largest absolute Gasteiger partial charge is 0.423 e. The van der Waals surface area contributed by atoms with E-state index in [2.05, 4.69) is 5.10 Å². The summed E-state index contributed by atoms with van der Waals surface area (Å²) in [5, 5.41) is 16.0. The Hall–Kier alpha value is -3.50. The number of rotatable bonds is 4. The quantitative estimate of drug-likeness (QED) is 0.369. The third-order valence-electron chi connectivity index (χ3n) is 4.22. The van der Waals surface area contributed by atoms with Crippen molar-refractivity contribution < 1.29 is 9.53 Å². The molecule has 1 aromatic carbocycles. The highest BCUT2D eigenvalue weighted by Gasteiger charge is 2.20. The number of carbonyl (C=O) groups is 1. The average molecular weight is 388 g/mol. The van der Waals surface area contributed by atoms with Gasteiger partial charge in [-0.3, -0.25) is 0 Å². The van der Waals surface area contributed by atoms with Gasteiger partial charge in [-0.2, -0.15) is 10.4 Å². The van der Waals surface area contributed by atoms with Gasteiger partial charge in [-0.25, -0.2) is 14.5 Å². The summed E-state index contributed by atoms with van der Waals surface area (Å²) in [7, 11) is 0. The molecule has 0 spiro atoms. The zero-order chi connectivity index (χ0) is 19.7. The number of carbonyl (C=O) groups excluding carboxylic acids is 1. The van der Waals surface area contributed by atoms with E-state index in [9.17, 15) is 4.79 Å². The van der Waals surface area contributed by atoms with Crippen molar-refractivity contribution in [3.05, 3.63) is 65.2 Å². The fraction of sp³-hybridized carbons (Fsp3) is 0.143. The highest BCUT2D eigenvalue weighted by Crippen LogP contribution is 2.29. The molecular weight excluding hydrogens is 372 g/mol. The minimum absolute atomic E-state index is 0.0970. The van der Waals surface area contributed by atoms with Gasteiger partial charge in [0.05, 0.1) is 39.4 Å². The number of esters is 1. The van der Waals surface area contributed by atoms with E-state index in [4.69, 9.17) is 15.0 Å². The zero-order valence-corrected chi connectivity index (χ0v) is 16.1. The van der Waals surface area contributed by atoms with Gasteiger partial charge < -0.3 is 4.74 Å². The van der Waals surface area contributed by atoms with Crippen molar-refractivity contribution >= 4 is 28.3 Å². The van der Waals surface area contributed by atoms with E-state index in [-0.39, 0.29) is 6.04 Å². The summed E-state index contributed by atoms with van der Waals surface area (Å²) in [5.74, 6) is -0.188. The molecule has 0 saturated heterocycles. The molecule has 0 aliphatic heterocycles. The summed E-state index contributed by atoms with van der Waals surface area (Å²) in [6.07, 6.45) is 1.64. The third-order valence-corrected chi connectivity index (χ3v) is 5.12. The van der Waals surface area contributed by atoms with Crippen LogP contribution in [0.4, 0.5) is 0 Å². The van der Waals surface area contributed by atoms with Crippen molar-refractivity contribution in [3.63, 3.8) is 0 Å². The fourth-order valence-electron chi connectivity index (χ4n) is 2.91. The monoisotopic (exact) mass is 388 g/mol. The molecule has 0 fully saturated rings. The Balaban J connectivity index is 1.82. The van der Waals surface area contributed by atoms with Gasteiger partial charge in [0.15, 0.2) is 5.65 Å². The van der Waals surface area contributed by atoms with E-state index in [0.717, 1.165) is 4.88 Å². The van der Waals surface area contributed by atoms with Gasteiger partial charge in [-0.15, -0.1) is 11.3 Å². The normalized spacial score (nSPS) is 10.9. The number of thiophene rings is 1. The minimum Gasteiger partial charge on any atom is -0.423 e. The number of benzene rings is 1. The number of nitriles is 1. The smallest absolute Gasteiger partial charge is 0.344 e. The average Bonchev–Trinajstić information content (AvgIpc) is 3.37. The Bertz CT molecular complexity index is 1200. The molecular formula is C21H16N4O2S. The molecule has 28 heavy (non-hydrogen) atoms. The van der Waals surface area contributed by atoms with Crippen LogP contribution in [0.15, 0.2) is 54.0 Å². The van der Waals surface area contributed by atoms with Gasteiger partial charge >= 0.3 is 5.97 Å². The maximum Gasteiger partial charge on any atom is 0.344 e. The zero-order valence-electron chi connectivity index (χ0n) is 15.3. The van der Waals surface area contributed by atoms with Gasteiger partial charge in [0.2, 0.25) is 0 Å². The van der Waals surface area contributed by atoms with Crippen LogP contribution < -0.4 is 4.74 Å². The molecule has 6 nitrogen and oxygen atoms in total. The molecule has 0 aliphatic carbocycles. The Morgan fingerprint density at radius 3 is 2.82 bits per heavy atom. The topological polar surface area (TPSA) is 80.8 Å². The van der Waals surface area contributed by atoms with Gasteiger partial charge in [0.1, 0.15) is 5.75 Å². The summed E-state index contributed by atoms with van der Waals surface area (Å²) in [4.78, 5) is 18.7. The van der Waals surface area contributed by atoms with Gasteiger partial charge in [-0.1, -0.05) is 12.1 Å². The van der Waals surface area contributed by atoms with Crippen molar-refractivity contribution in [1.82, 2.24) is 14.8 Å². The van der Waals surface area contributed by atoms with Crippen LogP contribution in [0.25, 0.3) is 21.6 Å². The molecule has 3 heterocycles. The van der Waals surface area contributed by atoms with E-state index in [1.165, 1.54) is 6.07 Å². The van der Waals surface area contributed by atoms with Crippen LogP contribution in [-0.4, -0.2) is 20.7 Å². The van der Waals surface area contributed by atoms with Crippen molar-refractivity contribution in [2.45, 2.75) is 19.9 Å². The Kier molecular flexibility index (Phi) is 4.63. The number of pyridine rings is 1. The highest BCUT2D eigenvalue weighted by atomic mass is 32.1. The third kappa shape index (κ3) is 3.26. The molecule has 7 heteroatoms. The van der Waals surface area contributed by atoms with E-state index in [1.807, 2.05) is 37.4 Å². The van der Waals surface area contributed by atoms with Crippen LogP contribution >= 0.6 is 11.3 Å². The first-order valence-corrected chi connectivity index (χ1v) is 9.59. The molecule has 0 unspecified atom stereocenters. The Labute approximate surface area is 165 Å². The maximum atomic E-state index is 13.0. The number of nitrogens with zero attached hydrogens (tertiary/aromatic N) is 4. The summed E-state index contributed by atoms with van der Waals surface area (Å²) in [6, 6.07) is 14.3. The van der Waals surface area contributed by atoms with Gasteiger partial charge in [0, 0.05) is 6.04 Å². The molecule has 138 valence electrons.